The Bertz CT molecular complexity index is 459. The van der Waals surface area contributed by atoms with Crippen LogP contribution in [0.4, 0.5) is 0 Å². The second kappa shape index (κ2) is 7.22. The van der Waals surface area contributed by atoms with Crippen LogP contribution in [0.1, 0.15) is 100.0 Å². The molecule has 138 valence electrons. The van der Waals surface area contributed by atoms with Gasteiger partial charge in [-0.3, -0.25) is 0 Å². The number of hydrogen-bond acceptors (Lipinski definition) is 0. The molecular formula is C24H42. The molecule has 1 aromatic rings. The topological polar surface area (TPSA) is 0 Å². The molecule has 0 N–H and O–H groups in total. The van der Waals surface area contributed by atoms with Gasteiger partial charge in [-0.1, -0.05) is 86.2 Å². The minimum atomic E-state index is 0. The van der Waals surface area contributed by atoms with Gasteiger partial charge in [-0.15, -0.1) is 0 Å². The molecule has 6 aliphatic carbocycles. The lowest BCUT2D eigenvalue weighted by Gasteiger charge is -2.70. The van der Waals surface area contributed by atoms with Crippen LogP contribution in [-0.4, -0.2) is 0 Å². The molecule has 0 spiro atoms. The summed E-state index contributed by atoms with van der Waals surface area (Å²) in [5.74, 6) is 0. The predicted molar refractivity (Wildman–Crippen MR) is 110 cm³/mol. The highest BCUT2D eigenvalue weighted by atomic mass is 14.7. The summed E-state index contributed by atoms with van der Waals surface area (Å²) in [5.41, 5.74) is 4.59. The standard InChI is InChI=1S/C12H14.C7H12.2C2H6.CH4/c1-11-7-12(8-11,9-11)10-5-3-2-4-6-10;1-6-3-7(2,4-6)5-6;2*1-2;/h2-6H,7-9H2,1H3;3-5H2,1-2H3;2*1-2H3;1H4. The first kappa shape index (κ1) is 21.3. The van der Waals surface area contributed by atoms with Crippen LogP contribution in [0.3, 0.4) is 0 Å². The molecule has 4 bridgehead atoms. The van der Waals surface area contributed by atoms with Crippen molar-refractivity contribution >= 4 is 0 Å². The maximum atomic E-state index is 2.41. The first-order valence-electron chi connectivity index (χ1n) is 9.90. The summed E-state index contributed by atoms with van der Waals surface area (Å²) in [6.45, 7) is 15.2. The quantitative estimate of drug-likeness (QED) is 0.489. The Hall–Kier alpha value is -0.780. The third kappa shape index (κ3) is 3.58. The zero-order valence-corrected chi connectivity index (χ0v) is 16.6. The fourth-order valence-corrected chi connectivity index (χ4v) is 6.33. The van der Waals surface area contributed by atoms with Crippen molar-refractivity contribution in [3.05, 3.63) is 35.9 Å². The van der Waals surface area contributed by atoms with Crippen molar-refractivity contribution in [1.29, 1.82) is 0 Å². The summed E-state index contributed by atoms with van der Waals surface area (Å²) >= 11 is 0. The molecule has 6 fully saturated rings. The number of rotatable bonds is 1. The first-order chi connectivity index (χ1) is 10.8. The maximum Gasteiger partial charge on any atom is -0.00314 e. The van der Waals surface area contributed by atoms with Crippen molar-refractivity contribution in [2.24, 2.45) is 16.2 Å². The summed E-state index contributed by atoms with van der Waals surface area (Å²) in [4.78, 5) is 0. The number of hydrogen-bond donors (Lipinski definition) is 0. The Morgan fingerprint density at radius 2 is 0.917 bits per heavy atom. The van der Waals surface area contributed by atoms with Gasteiger partial charge in [-0.2, -0.15) is 0 Å². The summed E-state index contributed by atoms with van der Waals surface area (Å²) in [7, 11) is 0. The Kier molecular flexibility index (Phi) is 6.40. The lowest BCUT2D eigenvalue weighted by molar-refractivity contribution is -0.176. The van der Waals surface area contributed by atoms with Crippen LogP contribution in [0.5, 0.6) is 0 Å². The average Bonchev–Trinajstić information content (AvgIpc) is 2.46. The van der Waals surface area contributed by atoms with Crippen molar-refractivity contribution in [2.45, 2.75) is 99.8 Å². The van der Waals surface area contributed by atoms with Crippen molar-refractivity contribution < 1.29 is 0 Å². The van der Waals surface area contributed by atoms with Gasteiger partial charge in [0.1, 0.15) is 0 Å². The monoisotopic (exact) mass is 330 g/mol. The van der Waals surface area contributed by atoms with Gasteiger partial charge < -0.3 is 0 Å². The van der Waals surface area contributed by atoms with Gasteiger partial charge >= 0.3 is 0 Å². The van der Waals surface area contributed by atoms with Crippen LogP contribution in [0.2, 0.25) is 0 Å². The summed E-state index contributed by atoms with van der Waals surface area (Å²) in [6, 6.07) is 11.0. The molecule has 0 radical (unpaired) electrons. The largest absolute Gasteiger partial charge is 0.0776 e. The molecular weight excluding hydrogens is 288 g/mol. The normalized spacial score (nSPS) is 41.3. The van der Waals surface area contributed by atoms with E-state index in [1.165, 1.54) is 38.5 Å². The molecule has 0 heterocycles. The minimum absolute atomic E-state index is 0. The molecule has 6 aliphatic rings. The van der Waals surface area contributed by atoms with Gasteiger partial charge in [0.25, 0.3) is 0 Å². The Morgan fingerprint density at radius 1 is 0.583 bits per heavy atom. The lowest BCUT2D eigenvalue weighted by atomic mass is 9.34. The van der Waals surface area contributed by atoms with Gasteiger partial charge in [0.15, 0.2) is 0 Å². The van der Waals surface area contributed by atoms with Gasteiger partial charge in [-0.25, -0.2) is 0 Å². The summed E-state index contributed by atoms with van der Waals surface area (Å²) in [5, 5.41) is 0. The highest BCUT2D eigenvalue weighted by Gasteiger charge is 2.65. The van der Waals surface area contributed by atoms with Crippen LogP contribution >= 0.6 is 0 Å². The van der Waals surface area contributed by atoms with E-state index in [1.807, 2.05) is 27.7 Å². The van der Waals surface area contributed by atoms with Crippen LogP contribution in [0.15, 0.2) is 30.3 Å². The van der Waals surface area contributed by atoms with Gasteiger partial charge in [-0.05, 0) is 65.7 Å². The average molecular weight is 331 g/mol. The minimum Gasteiger partial charge on any atom is -0.0776 e. The van der Waals surface area contributed by atoms with E-state index in [2.05, 4.69) is 51.1 Å². The molecule has 0 unspecified atom stereocenters. The van der Waals surface area contributed by atoms with E-state index < -0.39 is 0 Å². The van der Waals surface area contributed by atoms with E-state index in [9.17, 15) is 0 Å². The molecule has 0 heteroatoms. The molecule has 0 aliphatic heterocycles. The van der Waals surface area contributed by atoms with Crippen LogP contribution in [0.25, 0.3) is 0 Å². The van der Waals surface area contributed by atoms with Crippen LogP contribution in [0, 0.1) is 16.2 Å². The van der Waals surface area contributed by atoms with Crippen molar-refractivity contribution in [3.63, 3.8) is 0 Å². The highest BCUT2D eigenvalue weighted by molar-refractivity contribution is 5.37. The zero-order chi connectivity index (χ0) is 17.4. The van der Waals surface area contributed by atoms with E-state index >= 15 is 0 Å². The SMILES string of the molecule is C.CC.CC.CC12CC(C)(C1)C2.CC12CC(c3ccccc3)(C1)C2. The van der Waals surface area contributed by atoms with Crippen LogP contribution in [-0.2, 0) is 5.41 Å². The summed E-state index contributed by atoms with van der Waals surface area (Å²) in [6.07, 6.45) is 8.85. The Morgan fingerprint density at radius 3 is 1.17 bits per heavy atom. The van der Waals surface area contributed by atoms with E-state index in [0.717, 1.165) is 16.2 Å². The molecule has 24 heavy (non-hydrogen) atoms. The summed E-state index contributed by atoms with van der Waals surface area (Å²) < 4.78 is 0. The maximum absolute atomic E-state index is 2.41. The van der Waals surface area contributed by atoms with Crippen molar-refractivity contribution in [2.75, 3.05) is 0 Å². The molecule has 7 rings (SSSR count). The fraction of sp³-hybridized carbons (Fsp3) is 0.750. The highest BCUT2D eigenvalue weighted by Crippen LogP contribution is 2.73. The molecule has 6 saturated carbocycles. The van der Waals surface area contributed by atoms with Crippen LogP contribution < -0.4 is 0 Å². The fourth-order valence-electron chi connectivity index (χ4n) is 6.33. The first-order valence-corrected chi connectivity index (χ1v) is 9.90. The van der Waals surface area contributed by atoms with Gasteiger partial charge in [0, 0.05) is 0 Å². The molecule has 0 atom stereocenters. The molecule has 0 saturated heterocycles. The Balaban J connectivity index is 0.000000207. The van der Waals surface area contributed by atoms with E-state index in [4.69, 9.17) is 0 Å². The smallest absolute Gasteiger partial charge is 0.00314 e. The van der Waals surface area contributed by atoms with E-state index in [0.29, 0.717) is 5.41 Å². The van der Waals surface area contributed by atoms with E-state index in [-0.39, 0.29) is 7.43 Å². The van der Waals surface area contributed by atoms with E-state index in [1.54, 1.807) is 5.56 Å². The zero-order valence-electron chi connectivity index (χ0n) is 16.6. The third-order valence-electron chi connectivity index (χ3n) is 6.24. The predicted octanol–water partition coefficient (Wildman–Crippen LogP) is 8.01. The number of benzene rings is 1. The third-order valence-corrected chi connectivity index (χ3v) is 6.24. The molecule has 1 aromatic carbocycles. The molecule has 0 amide bonds. The molecule has 0 aromatic heterocycles. The lowest BCUT2D eigenvalue weighted by Crippen LogP contribution is -2.62. The second-order valence-electron chi connectivity index (χ2n) is 9.14. The van der Waals surface area contributed by atoms with Gasteiger partial charge in [0.05, 0.1) is 0 Å². The second-order valence-corrected chi connectivity index (χ2v) is 9.14. The van der Waals surface area contributed by atoms with Crippen molar-refractivity contribution in [1.82, 2.24) is 0 Å². The van der Waals surface area contributed by atoms with Gasteiger partial charge in [0.2, 0.25) is 0 Å². The molecule has 0 nitrogen and oxygen atoms in total. The Labute approximate surface area is 152 Å². The van der Waals surface area contributed by atoms with Crippen molar-refractivity contribution in [3.8, 4) is 0 Å².